The molecule has 0 aliphatic carbocycles. The summed E-state index contributed by atoms with van der Waals surface area (Å²) < 4.78 is 0. The zero-order valence-electron chi connectivity index (χ0n) is 12.5. The summed E-state index contributed by atoms with van der Waals surface area (Å²) >= 11 is 0. The van der Waals surface area contributed by atoms with Crippen molar-refractivity contribution in [3.8, 4) is 6.57 Å². The maximum Gasteiger partial charge on any atom is 0.0462 e. The lowest BCUT2D eigenvalue weighted by molar-refractivity contribution is 0.236. The van der Waals surface area contributed by atoms with Gasteiger partial charge in [0, 0.05) is 12.6 Å². The van der Waals surface area contributed by atoms with Gasteiger partial charge >= 0.3 is 0 Å². The molecule has 0 aromatic carbocycles. The SMILES string of the molecule is C#N.CCCCCCCCN1CCCC1CCC. The molecule has 0 saturated carbocycles. The van der Waals surface area contributed by atoms with Crippen LogP contribution in [0.15, 0.2) is 0 Å². The number of nitrogens with zero attached hydrogens (tertiary/aromatic N) is 2. The Kier molecular flexibility index (Phi) is 12.5. The summed E-state index contributed by atoms with van der Waals surface area (Å²) in [6.45, 7) is 10.9. The number of hydrogen-bond acceptors (Lipinski definition) is 2. The molecule has 1 heterocycles. The maximum absolute atomic E-state index is 6.50. The van der Waals surface area contributed by atoms with Gasteiger partial charge in [0.15, 0.2) is 0 Å². The van der Waals surface area contributed by atoms with Crippen molar-refractivity contribution in [2.75, 3.05) is 13.1 Å². The molecule has 1 fully saturated rings. The van der Waals surface area contributed by atoms with Crippen molar-refractivity contribution in [1.82, 2.24) is 4.90 Å². The van der Waals surface area contributed by atoms with Crippen LogP contribution in [-0.2, 0) is 0 Å². The van der Waals surface area contributed by atoms with Crippen molar-refractivity contribution in [3.05, 3.63) is 0 Å². The number of nitriles is 1. The van der Waals surface area contributed by atoms with Gasteiger partial charge in [-0.25, -0.2) is 5.26 Å². The molecule has 1 rings (SSSR count). The van der Waals surface area contributed by atoms with Gasteiger partial charge in [0.25, 0.3) is 0 Å². The lowest BCUT2D eigenvalue weighted by Gasteiger charge is -2.23. The smallest absolute Gasteiger partial charge is 0.0462 e. The van der Waals surface area contributed by atoms with Gasteiger partial charge in [-0.1, -0.05) is 52.4 Å². The number of unbranched alkanes of at least 4 members (excludes halogenated alkanes) is 5. The first-order valence-corrected chi connectivity index (χ1v) is 7.88. The lowest BCUT2D eigenvalue weighted by atomic mass is 10.1. The molecule has 0 N–H and O–H groups in total. The van der Waals surface area contributed by atoms with E-state index in [2.05, 4.69) is 25.3 Å². The summed E-state index contributed by atoms with van der Waals surface area (Å²) in [7, 11) is 0. The van der Waals surface area contributed by atoms with Crippen LogP contribution < -0.4 is 0 Å². The van der Waals surface area contributed by atoms with Crippen molar-refractivity contribution < 1.29 is 0 Å². The van der Waals surface area contributed by atoms with Crippen molar-refractivity contribution in [2.45, 2.75) is 84.1 Å². The van der Waals surface area contributed by atoms with E-state index in [1.165, 1.54) is 77.3 Å². The van der Waals surface area contributed by atoms with Crippen LogP contribution in [0.25, 0.3) is 0 Å². The third-order valence-electron chi connectivity index (χ3n) is 3.92. The Morgan fingerprint density at radius 1 is 1.00 bits per heavy atom. The molecule has 0 aromatic heterocycles. The van der Waals surface area contributed by atoms with E-state index in [9.17, 15) is 0 Å². The van der Waals surface area contributed by atoms with E-state index in [-0.39, 0.29) is 0 Å². The van der Waals surface area contributed by atoms with Gasteiger partial charge in [-0.3, -0.25) is 0 Å². The number of hydrogen-bond donors (Lipinski definition) is 0. The van der Waals surface area contributed by atoms with Crippen LogP contribution in [0.3, 0.4) is 0 Å². The second-order valence-corrected chi connectivity index (χ2v) is 5.39. The molecule has 1 saturated heterocycles. The summed E-state index contributed by atoms with van der Waals surface area (Å²) in [6.07, 6.45) is 14.3. The van der Waals surface area contributed by atoms with E-state index in [0.29, 0.717) is 0 Å². The Morgan fingerprint density at radius 2 is 1.67 bits per heavy atom. The molecular formula is C16H32N2. The van der Waals surface area contributed by atoms with Gasteiger partial charge in [0.05, 0.1) is 0 Å². The molecule has 0 bridgehead atoms. The molecule has 1 aliphatic rings. The molecule has 1 unspecified atom stereocenters. The van der Waals surface area contributed by atoms with Gasteiger partial charge in [0.2, 0.25) is 0 Å². The average Bonchev–Trinajstić information content (AvgIpc) is 2.84. The molecule has 1 aliphatic heterocycles. The molecule has 0 radical (unpaired) electrons. The zero-order chi connectivity index (χ0) is 13.6. The fourth-order valence-corrected chi connectivity index (χ4v) is 2.94. The topological polar surface area (TPSA) is 27.0 Å². The van der Waals surface area contributed by atoms with Gasteiger partial charge < -0.3 is 4.90 Å². The standard InChI is InChI=1S/C15H31N.CHN/c1-3-5-6-7-8-9-13-16-14-10-12-15(16)11-4-2;1-2/h15H,3-14H2,1-2H3;1H. The van der Waals surface area contributed by atoms with Crippen LogP contribution in [0.2, 0.25) is 0 Å². The van der Waals surface area contributed by atoms with Crippen LogP contribution >= 0.6 is 0 Å². The first kappa shape index (κ1) is 17.4. The van der Waals surface area contributed by atoms with Crippen molar-refractivity contribution in [3.63, 3.8) is 0 Å². The number of rotatable bonds is 9. The monoisotopic (exact) mass is 252 g/mol. The molecular weight excluding hydrogens is 220 g/mol. The fourth-order valence-electron chi connectivity index (χ4n) is 2.94. The van der Waals surface area contributed by atoms with Crippen LogP contribution in [0.5, 0.6) is 0 Å². The number of likely N-dealkylation sites (tertiary alicyclic amines) is 1. The van der Waals surface area contributed by atoms with Gasteiger partial charge in [-0.05, 0) is 38.8 Å². The predicted octanol–water partition coefficient (Wildman–Crippen LogP) is 4.75. The Balaban J connectivity index is 0.00000137. The summed E-state index contributed by atoms with van der Waals surface area (Å²) in [5.41, 5.74) is 0. The molecule has 0 amide bonds. The van der Waals surface area contributed by atoms with Crippen LogP contribution in [-0.4, -0.2) is 24.0 Å². The quantitative estimate of drug-likeness (QED) is 0.554. The second-order valence-electron chi connectivity index (χ2n) is 5.39. The van der Waals surface area contributed by atoms with Crippen molar-refractivity contribution in [2.24, 2.45) is 0 Å². The highest BCUT2D eigenvalue weighted by atomic mass is 15.2. The largest absolute Gasteiger partial charge is 0.300 e. The van der Waals surface area contributed by atoms with Crippen molar-refractivity contribution >= 4 is 0 Å². The van der Waals surface area contributed by atoms with E-state index in [1.807, 2.05) is 0 Å². The molecule has 2 nitrogen and oxygen atoms in total. The summed E-state index contributed by atoms with van der Waals surface area (Å²) in [5, 5.41) is 6.50. The van der Waals surface area contributed by atoms with Crippen LogP contribution in [0.4, 0.5) is 0 Å². The highest BCUT2D eigenvalue weighted by molar-refractivity contribution is 4.78. The van der Waals surface area contributed by atoms with E-state index in [1.54, 1.807) is 0 Å². The first-order valence-electron chi connectivity index (χ1n) is 7.88. The molecule has 18 heavy (non-hydrogen) atoms. The van der Waals surface area contributed by atoms with E-state index < -0.39 is 0 Å². The molecule has 1 atom stereocenters. The molecule has 0 aromatic rings. The second kappa shape index (κ2) is 12.9. The lowest BCUT2D eigenvalue weighted by Crippen LogP contribution is -2.30. The van der Waals surface area contributed by atoms with E-state index in [0.717, 1.165) is 6.04 Å². The minimum atomic E-state index is 0.931. The Labute approximate surface area is 114 Å². The summed E-state index contributed by atoms with van der Waals surface area (Å²) in [5.74, 6) is 0. The summed E-state index contributed by atoms with van der Waals surface area (Å²) in [4.78, 5) is 2.75. The Hall–Kier alpha value is -0.550. The molecule has 2 heteroatoms. The summed E-state index contributed by atoms with van der Waals surface area (Å²) in [6, 6.07) is 0.931. The zero-order valence-corrected chi connectivity index (χ0v) is 12.5. The highest BCUT2D eigenvalue weighted by Crippen LogP contribution is 2.21. The molecule has 106 valence electrons. The van der Waals surface area contributed by atoms with Gasteiger partial charge in [-0.15, -0.1) is 0 Å². The molecule has 0 spiro atoms. The van der Waals surface area contributed by atoms with Crippen LogP contribution in [0, 0.1) is 11.8 Å². The maximum atomic E-state index is 6.50. The van der Waals surface area contributed by atoms with Crippen molar-refractivity contribution in [1.29, 1.82) is 5.26 Å². The fraction of sp³-hybridized carbons (Fsp3) is 0.938. The predicted molar refractivity (Wildman–Crippen MR) is 79.5 cm³/mol. The third-order valence-corrected chi connectivity index (χ3v) is 3.92. The van der Waals surface area contributed by atoms with Gasteiger partial charge in [-0.2, -0.15) is 0 Å². The average molecular weight is 252 g/mol. The Morgan fingerprint density at radius 3 is 2.33 bits per heavy atom. The van der Waals surface area contributed by atoms with Gasteiger partial charge in [0.1, 0.15) is 0 Å². The van der Waals surface area contributed by atoms with Crippen LogP contribution in [0.1, 0.15) is 78.1 Å². The minimum Gasteiger partial charge on any atom is -0.300 e. The normalized spacial score (nSPS) is 19.4. The van der Waals surface area contributed by atoms with E-state index >= 15 is 0 Å². The third kappa shape index (κ3) is 7.71. The highest BCUT2D eigenvalue weighted by Gasteiger charge is 2.22. The Bertz CT molecular complexity index is 189. The first-order chi connectivity index (χ1) is 8.88. The van der Waals surface area contributed by atoms with E-state index in [4.69, 9.17) is 5.26 Å². The minimum absolute atomic E-state index is 0.931.